The van der Waals surface area contributed by atoms with E-state index in [2.05, 4.69) is 15.3 Å². The SMILES string of the molecule is Cc1cc2c(nc1C(=O)N[C@H](C)C(F)(F)F)N(C(=O)Nc1cc(OC[C@H]3COC(C)(C)O3)ccn1)[C@H]1CCN2C1. The number of rotatable bonds is 6. The number of nitrogens with zero attached hydrogens (tertiary/aromatic N) is 4. The highest BCUT2D eigenvalue weighted by Crippen LogP contribution is 2.40. The fourth-order valence-electron chi connectivity index (χ4n) is 4.96. The monoisotopic (exact) mass is 564 g/mol. The summed E-state index contributed by atoms with van der Waals surface area (Å²) in [6.45, 7) is 7.99. The van der Waals surface area contributed by atoms with Crippen molar-refractivity contribution in [3.8, 4) is 5.75 Å². The smallest absolute Gasteiger partial charge is 0.408 e. The van der Waals surface area contributed by atoms with E-state index in [0.717, 1.165) is 6.92 Å². The van der Waals surface area contributed by atoms with Gasteiger partial charge in [0.25, 0.3) is 5.91 Å². The molecule has 0 saturated carbocycles. The van der Waals surface area contributed by atoms with E-state index in [9.17, 15) is 22.8 Å². The zero-order valence-corrected chi connectivity index (χ0v) is 22.5. The van der Waals surface area contributed by atoms with Crippen LogP contribution >= 0.6 is 0 Å². The molecular formula is C26H31F3N6O5. The number of carbonyl (C=O) groups excluding carboxylic acids is 2. The van der Waals surface area contributed by atoms with Crippen molar-refractivity contribution in [2.75, 3.05) is 41.4 Å². The Morgan fingerprint density at radius 1 is 1.30 bits per heavy atom. The Bertz CT molecular complexity index is 1310. The van der Waals surface area contributed by atoms with Crippen LogP contribution in [0.2, 0.25) is 0 Å². The number of urea groups is 1. The van der Waals surface area contributed by atoms with Gasteiger partial charge < -0.3 is 24.4 Å². The molecule has 0 aromatic carbocycles. The van der Waals surface area contributed by atoms with Crippen LogP contribution < -0.4 is 25.2 Å². The molecule has 0 unspecified atom stereocenters. The lowest BCUT2D eigenvalue weighted by Crippen LogP contribution is -2.49. The van der Waals surface area contributed by atoms with Crippen LogP contribution in [0.4, 0.5) is 35.3 Å². The maximum atomic E-state index is 13.5. The van der Waals surface area contributed by atoms with Crippen LogP contribution in [0.5, 0.6) is 5.75 Å². The first kappa shape index (κ1) is 27.9. The number of aromatic nitrogens is 2. The molecule has 216 valence electrons. The minimum Gasteiger partial charge on any atom is -0.491 e. The molecule has 2 fully saturated rings. The molecule has 5 heterocycles. The van der Waals surface area contributed by atoms with E-state index in [1.54, 1.807) is 25.1 Å². The lowest BCUT2D eigenvalue weighted by molar-refractivity contribution is -0.149. The van der Waals surface area contributed by atoms with Crippen molar-refractivity contribution >= 4 is 29.3 Å². The molecule has 2 aromatic heterocycles. The van der Waals surface area contributed by atoms with Gasteiger partial charge in [-0.15, -0.1) is 0 Å². The number of fused-ring (bicyclic) bond motifs is 4. The van der Waals surface area contributed by atoms with Crippen LogP contribution in [0, 0.1) is 6.92 Å². The van der Waals surface area contributed by atoms with E-state index in [1.165, 1.54) is 11.1 Å². The molecule has 2 N–H and O–H groups in total. The summed E-state index contributed by atoms with van der Waals surface area (Å²) in [6, 6.07) is 2.08. The third-order valence-corrected chi connectivity index (χ3v) is 7.01. The van der Waals surface area contributed by atoms with Gasteiger partial charge in [-0.1, -0.05) is 0 Å². The maximum Gasteiger partial charge on any atom is 0.408 e. The summed E-state index contributed by atoms with van der Waals surface area (Å²) in [5.41, 5.74) is 0.862. The highest BCUT2D eigenvalue weighted by Gasteiger charge is 2.42. The van der Waals surface area contributed by atoms with E-state index in [4.69, 9.17) is 14.2 Å². The van der Waals surface area contributed by atoms with Gasteiger partial charge in [0.1, 0.15) is 36.0 Å². The van der Waals surface area contributed by atoms with Crippen LogP contribution in [-0.2, 0) is 9.47 Å². The molecule has 40 heavy (non-hydrogen) atoms. The largest absolute Gasteiger partial charge is 0.491 e. The Morgan fingerprint density at radius 2 is 2.08 bits per heavy atom. The number of hydrogen-bond donors (Lipinski definition) is 2. The van der Waals surface area contributed by atoms with Crippen LogP contribution in [0.15, 0.2) is 24.4 Å². The van der Waals surface area contributed by atoms with Gasteiger partial charge >= 0.3 is 12.2 Å². The summed E-state index contributed by atoms with van der Waals surface area (Å²) < 4.78 is 56.2. The molecule has 0 aliphatic carbocycles. The van der Waals surface area contributed by atoms with Gasteiger partial charge in [-0.25, -0.2) is 14.8 Å². The predicted molar refractivity (Wildman–Crippen MR) is 139 cm³/mol. The molecule has 0 spiro atoms. The number of hydrogen-bond acceptors (Lipinski definition) is 8. The average molecular weight is 565 g/mol. The number of nitrogens with one attached hydrogen (secondary N) is 2. The van der Waals surface area contributed by atoms with Crippen molar-refractivity contribution < 1.29 is 37.0 Å². The molecule has 0 radical (unpaired) electrons. The molecule has 11 nitrogen and oxygen atoms in total. The lowest BCUT2D eigenvalue weighted by atomic mass is 10.1. The van der Waals surface area contributed by atoms with Crippen molar-refractivity contribution in [2.45, 2.75) is 64.3 Å². The second-order valence-corrected chi connectivity index (χ2v) is 10.6. The summed E-state index contributed by atoms with van der Waals surface area (Å²) >= 11 is 0. The van der Waals surface area contributed by atoms with Crippen LogP contribution in [0.25, 0.3) is 0 Å². The van der Waals surface area contributed by atoms with Crippen molar-refractivity contribution in [1.82, 2.24) is 15.3 Å². The van der Waals surface area contributed by atoms with Crippen LogP contribution in [0.3, 0.4) is 0 Å². The average Bonchev–Trinajstić information content (AvgIpc) is 3.45. The van der Waals surface area contributed by atoms with Crippen molar-refractivity contribution in [3.63, 3.8) is 0 Å². The Labute approximate surface area is 229 Å². The highest BCUT2D eigenvalue weighted by atomic mass is 19.4. The molecular weight excluding hydrogens is 533 g/mol. The normalized spacial score (nSPS) is 22.1. The number of pyridine rings is 2. The first-order valence-corrected chi connectivity index (χ1v) is 13.0. The Morgan fingerprint density at radius 3 is 2.77 bits per heavy atom. The molecule has 5 rings (SSSR count). The van der Waals surface area contributed by atoms with Gasteiger partial charge in [0.15, 0.2) is 11.6 Å². The fraction of sp³-hybridized carbons (Fsp3) is 0.538. The number of anilines is 3. The zero-order chi connectivity index (χ0) is 28.8. The topological polar surface area (TPSA) is 118 Å². The van der Waals surface area contributed by atoms with Crippen molar-refractivity contribution in [3.05, 3.63) is 35.7 Å². The van der Waals surface area contributed by atoms with Gasteiger partial charge in [-0.3, -0.25) is 15.0 Å². The van der Waals surface area contributed by atoms with E-state index in [0.29, 0.717) is 43.1 Å². The van der Waals surface area contributed by atoms with E-state index in [-0.39, 0.29) is 36.1 Å². The Balaban J connectivity index is 1.34. The first-order valence-electron chi connectivity index (χ1n) is 13.0. The zero-order valence-electron chi connectivity index (χ0n) is 22.5. The Kier molecular flexibility index (Phi) is 7.25. The third-order valence-electron chi connectivity index (χ3n) is 7.01. The summed E-state index contributed by atoms with van der Waals surface area (Å²) in [6.07, 6.45) is -2.69. The second kappa shape index (κ2) is 10.4. The predicted octanol–water partition coefficient (Wildman–Crippen LogP) is 3.63. The van der Waals surface area contributed by atoms with Gasteiger partial charge in [-0.05, 0) is 51.8 Å². The molecule has 3 aliphatic rings. The number of halogens is 3. The lowest BCUT2D eigenvalue weighted by Gasteiger charge is -2.36. The number of alkyl halides is 3. The molecule has 2 bridgehead atoms. The van der Waals surface area contributed by atoms with Crippen LogP contribution in [0.1, 0.15) is 43.2 Å². The molecule has 2 saturated heterocycles. The van der Waals surface area contributed by atoms with E-state index in [1.807, 2.05) is 24.1 Å². The van der Waals surface area contributed by atoms with Gasteiger partial charge in [0.2, 0.25) is 0 Å². The molecule has 14 heteroatoms. The standard InChI is InChI=1S/C26H31F3N6O5/c1-14-9-19-22(33-21(14)23(36)31-15(2)26(27,28)29)35(16-6-8-34(19)11-16)24(37)32-20-10-17(5-7-30-20)38-12-18-13-39-25(3,4)40-18/h5,7,9-10,15-16,18H,6,8,11-13H2,1-4H3,(H,31,36)(H,30,32,37)/t15-,16+,18+/m1/s1. The molecule has 2 aromatic rings. The summed E-state index contributed by atoms with van der Waals surface area (Å²) in [7, 11) is 0. The summed E-state index contributed by atoms with van der Waals surface area (Å²) in [5.74, 6) is -0.732. The van der Waals surface area contributed by atoms with Crippen molar-refractivity contribution in [2.24, 2.45) is 0 Å². The van der Waals surface area contributed by atoms with E-state index >= 15 is 0 Å². The van der Waals surface area contributed by atoms with Gasteiger partial charge in [0, 0.05) is 25.4 Å². The summed E-state index contributed by atoms with van der Waals surface area (Å²) in [4.78, 5) is 38.4. The molecule has 3 aliphatic heterocycles. The minimum absolute atomic E-state index is 0.176. The van der Waals surface area contributed by atoms with Crippen LogP contribution in [-0.4, -0.2) is 78.4 Å². The molecule has 3 amide bonds. The van der Waals surface area contributed by atoms with E-state index < -0.39 is 29.9 Å². The number of aryl methyl sites for hydroxylation is 1. The first-order chi connectivity index (χ1) is 18.8. The number of ether oxygens (including phenoxy) is 3. The molecule has 3 atom stereocenters. The van der Waals surface area contributed by atoms with Gasteiger partial charge in [0.05, 0.1) is 18.3 Å². The highest BCUT2D eigenvalue weighted by molar-refractivity contribution is 6.05. The third kappa shape index (κ3) is 5.77. The Hall–Kier alpha value is -3.65. The summed E-state index contributed by atoms with van der Waals surface area (Å²) in [5, 5.41) is 4.71. The second-order valence-electron chi connectivity index (χ2n) is 10.6. The fourth-order valence-corrected chi connectivity index (χ4v) is 4.96. The maximum absolute atomic E-state index is 13.5. The quantitative estimate of drug-likeness (QED) is 0.546. The van der Waals surface area contributed by atoms with Gasteiger partial charge in [-0.2, -0.15) is 13.2 Å². The number of carbonyl (C=O) groups is 2. The minimum atomic E-state index is -4.60. The van der Waals surface area contributed by atoms with Crippen molar-refractivity contribution in [1.29, 1.82) is 0 Å². The number of amides is 3.